The molecule has 0 spiro atoms. The lowest BCUT2D eigenvalue weighted by Gasteiger charge is -2.28. The van der Waals surface area contributed by atoms with Crippen molar-refractivity contribution in [2.45, 2.75) is 19.8 Å². The summed E-state index contributed by atoms with van der Waals surface area (Å²) < 4.78 is 5.34. The molecule has 1 unspecified atom stereocenters. The summed E-state index contributed by atoms with van der Waals surface area (Å²) in [6.07, 6.45) is 1.98. The summed E-state index contributed by atoms with van der Waals surface area (Å²) in [7, 11) is 2.05. The zero-order chi connectivity index (χ0) is 15.5. The van der Waals surface area contributed by atoms with Gasteiger partial charge in [0.05, 0.1) is 5.92 Å². The van der Waals surface area contributed by atoms with Crippen LogP contribution in [-0.4, -0.2) is 36.1 Å². The molecule has 5 heteroatoms. The van der Waals surface area contributed by atoms with Gasteiger partial charge < -0.3 is 9.42 Å². The summed E-state index contributed by atoms with van der Waals surface area (Å²) in [5.41, 5.74) is 2.63. The Morgan fingerprint density at radius 3 is 2.86 bits per heavy atom. The third-order valence-electron chi connectivity index (χ3n) is 4.20. The van der Waals surface area contributed by atoms with E-state index in [1.165, 1.54) is 0 Å². The molecule has 1 atom stereocenters. The number of nitrogens with zero attached hydrogens (tertiary/aromatic N) is 2. The number of rotatable bonds is 3. The summed E-state index contributed by atoms with van der Waals surface area (Å²) in [4.78, 5) is 14.6. The van der Waals surface area contributed by atoms with E-state index in [2.05, 4.69) is 15.4 Å². The first kappa shape index (κ1) is 14.8. The van der Waals surface area contributed by atoms with Crippen LogP contribution in [0.25, 0.3) is 11.3 Å². The van der Waals surface area contributed by atoms with E-state index in [0.29, 0.717) is 5.88 Å². The zero-order valence-corrected chi connectivity index (χ0v) is 13.0. The first-order valence-electron chi connectivity index (χ1n) is 7.66. The molecule has 1 aliphatic heterocycles. The van der Waals surface area contributed by atoms with Crippen molar-refractivity contribution in [3.8, 4) is 11.3 Å². The highest BCUT2D eigenvalue weighted by Crippen LogP contribution is 2.28. The lowest BCUT2D eigenvalue weighted by Crippen LogP contribution is -2.38. The van der Waals surface area contributed by atoms with Gasteiger partial charge in [-0.25, -0.2) is 0 Å². The average Bonchev–Trinajstić information content (AvgIpc) is 2.89. The second kappa shape index (κ2) is 6.32. The predicted molar refractivity (Wildman–Crippen MR) is 85.5 cm³/mol. The van der Waals surface area contributed by atoms with E-state index < -0.39 is 0 Å². The van der Waals surface area contributed by atoms with Gasteiger partial charge in [0.2, 0.25) is 11.8 Å². The minimum atomic E-state index is 0.0171. The van der Waals surface area contributed by atoms with E-state index in [0.717, 1.165) is 42.8 Å². The highest BCUT2D eigenvalue weighted by molar-refractivity contribution is 5.92. The number of piperidine rings is 1. The molecule has 1 aromatic carbocycles. The SMILES string of the molecule is Cc1c(-c2ccccc2)noc1NC(=O)C1CCCN(C)C1. The highest BCUT2D eigenvalue weighted by atomic mass is 16.5. The van der Waals surface area contributed by atoms with Crippen molar-refractivity contribution in [1.29, 1.82) is 0 Å². The van der Waals surface area contributed by atoms with Gasteiger partial charge >= 0.3 is 0 Å². The van der Waals surface area contributed by atoms with Crippen LogP contribution in [0.4, 0.5) is 5.88 Å². The zero-order valence-electron chi connectivity index (χ0n) is 13.0. The Morgan fingerprint density at radius 1 is 1.36 bits per heavy atom. The Morgan fingerprint density at radius 2 is 2.14 bits per heavy atom. The Kier molecular flexibility index (Phi) is 4.24. The number of hydrogen-bond acceptors (Lipinski definition) is 4. The number of hydrogen-bond donors (Lipinski definition) is 1. The van der Waals surface area contributed by atoms with Crippen molar-refractivity contribution < 1.29 is 9.32 Å². The molecule has 116 valence electrons. The van der Waals surface area contributed by atoms with Crippen molar-refractivity contribution in [3.63, 3.8) is 0 Å². The van der Waals surface area contributed by atoms with Crippen LogP contribution >= 0.6 is 0 Å². The first-order chi connectivity index (χ1) is 10.6. The molecule has 2 heterocycles. The van der Waals surface area contributed by atoms with Crippen molar-refractivity contribution in [2.75, 3.05) is 25.5 Å². The minimum absolute atomic E-state index is 0.0171. The number of likely N-dealkylation sites (tertiary alicyclic amines) is 1. The molecule has 5 nitrogen and oxygen atoms in total. The van der Waals surface area contributed by atoms with Crippen LogP contribution in [0.3, 0.4) is 0 Å². The first-order valence-corrected chi connectivity index (χ1v) is 7.66. The monoisotopic (exact) mass is 299 g/mol. The molecule has 0 bridgehead atoms. The molecule has 0 radical (unpaired) electrons. The maximum absolute atomic E-state index is 12.4. The number of anilines is 1. The number of amides is 1. The number of carbonyl (C=O) groups is 1. The van der Waals surface area contributed by atoms with E-state index in [4.69, 9.17) is 4.52 Å². The van der Waals surface area contributed by atoms with E-state index in [-0.39, 0.29) is 11.8 Å². The molecule has 0 aliphatic carbocycles. The number of carbonyl (C=O) groups excluding carboxylic acids is 1. The van der Waals surface area contributed by atoms with Gasteiger partial charge in [-0.1, -0.05) is 35.5 Å². The smallest absolute Gasteiger partial charge is 0.234 e. The molecule has 1 aliphatic rings. The van der Waals surface area contributed by atoms with Crippen molar-refractivity contribution in [1.82, 2.24) is 10.1 Å². The normalized spacial score (nSPS) is 19.1. The summed E-state index contributed by atoms with van der Waals surface area (Å²) in [5, 5.41) is 6.99. The van der Waals surface area contributed by atoms with Gasteiger partial charge in [0.15, 0.2) is 0 Å². The summed E-state index contributed by atoms with van der Waals surface area (Å²) in [6, 6.07) is 9.83. The quantitative estimate of drug-likeness (QED) is 0.946. The largest absolute Gasteiger partial charge is 0.338 e. The fourth-order valence-corrected chi connectivity index (χ4v) is 2.91. The van der Waals surface area contributed by atoms with Crippen LogP contribution in [0.1, 0.15) is 18.4 Å². The van der Waals surface area contributed by atoms with Gasteiger partial charge in [0.1, 0.15) is 5.69 Å². The van der Waals surface area contributed by atoms with E-state index >= 15 is 0 Å². The maximum Gasteiger partial charge on any atom is 0.234 e. The number of nitrogens with one attached hydrogen (secondary N) is 1. The summed E-state index contributed by atoms with van der Waals surface area (Å²) in [6.45, 7) is 3.77. The molecule has 1 fully saturated rings. The second-order valence-corrected chi connectivity index (χ2v) is 5.94. The van der Waals surface area contributed by atoms with E-state index in [9.17, 15) is 4.79 Å². The summed E-state index contributed by atoms with van der Waals surface area (Å²) >= 11 is 0. The number of aromatic nitrogens is 1. The molecule has 1 amide bonds. The molecular weight excluding hydrogens is 278 g/mol. The van der Waals surface area contributed by atoms with Gasteiger partial charge in [-0.3, -0.25) is 10.1 Å². The Bertz CT molecular complexity index is 651. The van der Waals surface area contributed by atoms with Gasteiger partial charge in [0.25, 0.3) is 0 Å². The van der Waals surface area contributed by atoms with Crippen molar-refractivity contribution in [3.05, 3.63) is 35.9 Å². The third-order valence-corrected chi connectivity index (χ3v) is 4.20. The lowest BCUT2D eigenvalue weighted by molar-refractivity contribution is -0.121. The van der Waals surface area contributed by atoms with E-state index in [1.807, 2.05) is 44.3 Å². The Labute approximate surface area is 130 Å². The molecule has 1 aromatic heterocycles. The van der Waals surface area contributed by atoms with Crippen LogP contribution in [-0.2, 0) is 4.79 Å². The predicted octanol–water partition coefficient (Wildman–Crippen LogP) is 2.93. The number of benzene rings is 1. The molecule has 1 N–H and O–H groups in total. The van der Waals surface area contributed by atoms with E-state index in [1.54, 1.807) is 0 Å². The maximum atomic E-state index is 12.4. The minimum Gasteiger partial charge on any atom is -0.338 e. The molecule has 0 saturated carbocycles. The van der Waals surface area contributed by atoms with Crippen molar-refractivity contribution in [2.24, 2.45) is 5.92 Å². The molecule has 22 heavy (non-hydrogen) atoms. The van der Waals surface area contributed by atoms with Gasteiger partial charge in [-0.05, 0) is 33.4 Å². The fraction of sp³-hybridized carbons (Fsp3) is 0.412. The average molecular weight is 299 g/mol. The van der Waals surface area contributed by atoms with Crippen LogP contribution in [0, 0.1) is 12.8 Å². The summed E-state index contributed by atoms with van der Waals surface area (Å²) in [5.74, 6) is 0.492. The van der Waals surface area contributed by atoms with Gasteiger partial charge in [-0.2, -0.15) is 0 Å². The molecular formula is C17H21N3O2. The molecule has 2 aromatic rings. The lowest BCUT2D eigenvalue weighted by atomic mass is 9.97. The van der Waals surface area contributed by atoms with Gasteiger partial charge in [0, 0.05) is 17.7 Å². The van der Waals surface area contributed by atoms with Gasteiger partial charge in [-0.15, -0.1) is 0 Å². The molecule has 1 saturated heterocycles. The Hall–Kier alpha value is -2.14. The molecule has 3 rings (SSSR count). The second-order valence-electron chi connectivity index (χ2n) is 5.94. The third kappa shape index (κ3) is 3.04. The highest BCUT2D eigenvalue weighted by Gasteiger charge is 2.25. The topological polar surface area (TPSA) is 58.4 Å². The van der Waals surface area contributed by atoms with Crippen LogP contribution in [0.15, 0.2) is 34.9 Å². The van der Waals surface area contributed by atoms with Crippen LogP contribution < -0.4 is 5.32 Å². The Balaban J connectivity index is 1.73. The van der Waals surface area contributed by atoms with Crippen molar-refractivity contribution >= 4 is 11.8 Å². The fourth-order valence-electron chi connectivity index (χ4n) is 2.91. The van der Waals surface area contributed by atoms with Crippen LogP contribution in [0.5, 0.6) is 0 Å². The van der Waals surface area contributed by atoms with Crippen LogP contribution in [0.2, 0.25) is 0 Å². The standard InChI is InChI=1S/C17H21N3O2/c1-12-15(13-7-4-3-5-8-13)19-22-17(12)18-16(21)14-9-6-10-20(2)11-14/h3-5,7-8,14H,6,9-11H2,1-2H3,(H,18,21).